The molecule has 12 rings (SSSR count). The van der Waals surface area contributed by atoms with Crippen molar-refractivity contribution in [2.75, 3.05) is 0 Å². The molecule has 0 N–H and O–H groups in total. The van der Waals surface area contributed by atoms with Gasteiger partial charge in [-0.2, -0.15) is 0 Å². The molecule has 11 aromatic rings. The van der Waals surface area contributed by atoms with E-state index in [0.717, 1.165) is 49.8 Å². The summed E-state index contributed by atoms with van der Waals surface area (Å²) in [5.74, 6) is 1.94. The van der Waals surface area contributed by atoms with Crippen molar-refractivity contribution in [1.29, 1.82) is 0 Å². The lowest BCUT2D eigenvalue weighted by atomic mass is 9.82. The van der Waals surface area contributed by atoms with E-state index in [-0.39, 0.29) is 5.41 Å². The zero-order valence-electron chi connectivity index (χ0n) is 32.5. The molecule has 0 spiro atoms. The van der Waals surface area contributed by atoms with Crippen LogP contribution in [0.4, 0.5) is 0 Å². The molecular formula is C54H36N4O. The van der Waals surface area contributed by atoms with Crippen LogP contribution in [0.3, 0.4) is 0 Å². The zero-order valence-corrected chi connectivity index (χ0v) is 32.5. The number of nitrogens with zero attached hydrogens (tertiary/aromatic N) is 4. The van der Waals surface area contributed by atoms with E-state index in [1.54, 1.807) is 0 Å². The van der Waals surface area contributed by atoms with E-state index in [1.807, 2.05) is 60.7 Å². The zero-order chi connectivity index (χ0) is 39.2. The average molecular weight is 757 g/mol. The van der Waals surface area contributed by atoms with E-state index in [9.17, 15) is 0 Å². The number of aromatic nitrogens is 4. The molecule has 5 heteroatoms. The molecule has 59 heavy (non-hydrogen) atoms. The first-order chi connectivity index (χ1) is 29.0. The van der Waals surface area contributed by atoms with Crippen molar-refractivity contribution in [2.45, 2.75) is 19.3 Å². The minimum Gasteiger partial charge on any atom is -0.456 e. The van der Waals surface area contributed by atoms with Gasteiger partial charge >= 0.3 is 0 Å². The molecule has 5 nitrogen and oxygen atoms in total. The smallest absolute Gasteiger partial charge is 0.164 e. The van der Waals surface area contributed by atoms with Gasteiger partial charge in [0.25, 0.3) is 0 Å². The van der Waals surface area contributed by atoms with Gasteiger partial charge in [-0.1, -0.05) is 141 Å². The van der Waals surface area contributed by atoms with Gasteiger partial charge in [-0.05, 0) is 88.0 Å². The molecule has 0 fully saturated rings. The molecule has 0 aliphatic heterocycles. The van der Waals surface area contributed by atoms with Crippen LogP contribution >= 0.6 is 0 Å². The SMILES string of the molecule is CC1(C)c2cc3oc4ccc(-c5ccc(-c6nc(-c7ccccc7)nc(-c7ccccc7)n6)cc5)cc4c3cc2-c2cc3c4ccccc4n(-c4ccccc4)c3cc21. The van der Waals surface area contributed by atoms with Crippen LogP contribution in [-0.4, -0.2) is 19.5 Å². The van der Waals surface area contributed by atoms with E-state index in [2.05, 4.69) is 140 Å². The van der Waals surface area contributed by atoms with Crippen molar-refractivity contribution in [3.63, 3.8) is 0 Å². The van der Waals surface area contributed by atoms with Crippen LogP contribution in [0.25, 0.3) is 106 Å². The third-order valence-corrected chi connectivity index (χ3v) is 12.2. The van der Waals surface area contributed by atoms with Crippen LogP contribution in [-0.2, 0) is 5.41 Å². The number of hydrogen-bond donors (Lipinski definition) is 0. The standard InChI is InChI=1S/C54H36N4O/c1-54(2)45-31-48-42(39-20-12-13-21-47(39)58(48)38-18-10-5-11-19-38)29-40(45)41-30-44-43-28-37(26-27-49(43)59-50(44)32-46(41)54)33-22-24-36(25-23-33)53-56-51(34-14-6-3-7-15-34)55-52(57-53)35-16-8-4-9-17-35/h3-32H,1-2H3. The van der Waals surface area contributed by atoms with Crippen LogP contribution < -0.4 is 0 Å². The lowest BCUT2D eigenvalue weighted by molar-refractivity contribution is 0.647. The minimum atomic E-state index is -0.209. The maximum atomic E-state index is 6.60. The Labute approximate surface area is 340 Å². The van der Waals surface area contributed by atoms with Gasteiger partial charge in [0.15, 0.2) is 17.5 Å². The summed E-state index contributed by atoms with van der Waals surface area (Å²) in [6, 6.07) is 64.2. The predicted molar refractivity (Wildman–Crippen MR) is 241 cm³/mol. The van der Waals surface area contributed by atoms with Crippen molar-refractivity contribution in [2.24, 2.45) is 0 Å². The normalized spacial score (nSPS) is 13.1. The highest BCUT2D eigenvalue weighted by atomic mass is 16.3. The molecule has 1 aliphatic carbocycles. The van der Waals surface area contributed by atoms with Gasteiger partial charge in [0, 0.05) is 49.3 Å². The Hall–Kier alpha value is -7.63. The number of rotatable bonds is 5. The molecule has 0 radical (unpaired) electrons. The van der Waals surface area contributed by atoms with Gasteiger partial charge in [-0.25, -0.2) is 15.0 Å². The number of benzene rings is 8. The maximum absolute atomic E-state index is 6.60. The van der Waals surface area contributed by atoms with E-state index in [4.69, 9.17) is 19.4 Å². The average Bonchev–Trinajstić information content (AvgIpc) is 3.90. The largest absolute Gasteiger partial charge is 0.456 e. The third kappa shape index (κ3) is 5.21. The number of furan rings is 1. The second kappa shape index (κ2) is 12.7. The van der Waals surface area contributed by atoms with Gasteiger partial charge in [-0.3, -0.25) is 0 Å². The van der Waals surface area contributed by atoms with Gasteiger partial charge in [0.1, 0.15) is 11.2 Å². The highest BCUT2D eigenvalue weighted by Crippen LogP contribution is 2.53. The molecule has 3 heterocycles. The van der Waals surface area contributed by atoms with E-state index >= 15 is 0 Å². The minimum absolute atomic E-state index is 0.209. The lowest BCUT2D eigenvalue weighted by Crippen LogP contribution is -2.15. The molecule has 1 aliphatic rings. The summed E-state index contributed by atoms with van der Waals surface area (Å²) < 4.78 is 9.01. The van der Waals surface area contributed by atoms with Crippen LogP contribution in [0.2, 0.25) is 0 Å². The van der Waals surface area contributed by atoms with Gasteiger partial charge in [0.2, 0.25) is 0 Å². The summed E-state index contributed by atoms with van der Waals surface area (Å²) in [4.78, 5) is 14.7. The monoisotopic (exact) mass is 756 g/mol. The molecule has 8 aromatic carbocycles. The van der Waals surface area contributed by atoms with Gasteiger partial charge in [0.05, 0.1) is 11.0 Å². The first-order valence-electron chi connectivity index (χ1n) is 20.1. The maximum Gasteiger partial charge on any atom is 0.164 e. The Bertz CT molecular complexity index is 3380. The van der Waals surface area contributed by atoms with Crippen molar-refractivity contribution in [1.82, 2.24) is 19.5 Å². The van der Waals surface area contributed by atoms with Crippen LogP contribution in [0, 0.1) is 0 Å². The van der Waals surface area contributed by atoms with E-state index in [1.165, 1.54) is 49.7 Å². The summed E-state index contributed by atoms with van der Waals surface area (Å²) >= 11 is 0. The third-order valence-electron chi connectivity index (χ3n) is 12.2. The summed E-state index contributed by atoms with van der Waals surface area (Å²) in [6.07, 6.45) is 0. The quantitative estimate of drug-likeness (QED) is 0.175. The predicted octanol–water partition coefficient (Wildman–Crippen LogP) is 13.8. The molecule has 0 saturated carbocycles. The fourth-order valence-corrected chi connectivity index (χ4v) is 9.25. The lowest BCUT2D eigenvalue weighted by Gasteiger charge is -2.21. The number of hydrogen-bond acceptors (Lipinski definition) is 4. The first-order valence-corrected chi connectivity index (χ1v) is 20.1. The summed E-state index contributed by atoms with van der Waals surface area (Å²) in [6.45, 7) is 4.69. The van der Waals surface area contributed by atoms with Crippen LogP contribution in [0.5, 0.6) is 0 Å². The Morgan fingerprint density at radius 3 is 1.56 bits per heavy atom. The van der Waals surface area contributed by atoms with E-state index < -0.39 is 0 Å². The van der Waals surface area contributed by atoms with E-state index in [0.29, 0.717) is 17.5 Å². The Morgan fingerprint density at radius 2 is 0.898 bits per heavy atom. The van der Waals surface area contributed by atoms with Crippen LogP contribution in [0.15, 0.2) is 186 Å². The molecular weight excluding hydrogens is 721 g/mol. The first kappa shape index (κ1) is 33.5. The number of fused-ring (bicyclic) bond motifs is 9. The molecule has 0 bridgehead atoms. The molecule has 0 saturated heterocycles. The fraction of sp³-hybridized carbons (Fsp3) is 0.0556. The van der Waals surface area contributed by atoms with Crippen LogP contribution in [0.1, 0.15) is 25.0 Å². The highest BCUT2D eigenvalue weighted by molar-refractivity contribution is 6.13. The Morgan fingerprint density at radius 1 is 0.390 bits per heavy atom. The topological polar surface area (TPSA) is 56.7 Å². The Balaban J connectivity index is 0.955. The second-order valence-corrected chi connectivity index (χ2v) is 16.1. The summed E-state index contributed by atoms with van der Waals surface area (Å²) in [7, 11) is 0. The van der Waals surface area contributed by atoms with Crippen molar-refractivity contribution in [3.8, 4) is 62.1 Å². The summed E-state index contributed by atoms with van der Waals surface area (Å²) in [5.41, 5.74) is 15.5. The highest BCUT2D eigenvalue weighted by Gasteiger charge is 2.37. The van der Waals surface area contributed by atoms with Gasteiger partial charge in [-0.15, -0.1) is 0 Å². The number of para-hydroxylation sites is 2. The van der Waals surface area contributed by atoms with Crippen molar-refractivity contribution in [3.05, 3.63) is 193 Å². The molecule has 3 aromatic heterocycles. The fourth-order valence-electron chi connectivity index (χ4n) is 9.25. The Kier molecular flexibility index (Phi) is 7.20. The van der Waals surface area contributed by atoms with Crippen molar-refractivity contribution >= 4 is 43.7 Å². The second-order valence-electron chi connectivity index (χ2n) is 16.1. The molecule has 0 atom stereocenters. The molecule has 278 valence electrons. The van der Waals surface area contributed by atoms with Crippen molar-refractivity contribution < 1.29 is 4.42 Å². The van der Waals surface area contributed by atoms with Gasteiger partial charge < -0.3 is 8.98 Å². The summed E-state index contributed by atoms with van der Waals surface area (Å²) in [5, 5.41) is 4.75. The molecule has 0 amide bonds. The molecule has 0 unspecified atom stereocenters.